The van der Waals surface area contributed by atoms with Gasteiger partial charge in [-0.15, -0.1) is 5.10 Å². The highest BCUT2D eigenvalue weighted by molar-refractivity contribution is 5.69. The van der Waals surface area contributed by atoms with Crippen LogP contribution in [0.4, 0.5) is 0 Å². The van der Waals surface area contributed by atoms with Gasteiger partial charge in [-0.2, -0.15) is 0 Å². The standard InChI is InChI=1S/C17H27N3O2/c1-3-4-5-6-17(21)22-11-14-12-7-9-15-16(10-8-13(12)14)20(2)19-18-15/h12-14H,3-11H2,1-2H3. The quantitative estimate of drug-likeness (QED) is 0.599. The Balaban J connectivity index is 1.44. The molecule has 0 radical (unpaired) electrons. The van der Waals surface area contributed by atoms with Crippen molar-refractivity contribution < 1.29 is 9.53 Å². The minimum Gasteiger partial charge on any atom is -0.465 e. The topological polar surface area (TPSA) is 57.0 Å². The summed E-state index contributed by atoms with van der Waals surface area (Å²) in [6, 6.07) is 0. The number of unbranched alkanes of at least 4 members (excludes halogenated alkanes) is 2. The number of aryl methyl sites for hydroxylation is 2. The van der Waals surface area contributed by atoms with E-state index in [0.29, 0.717) is 18.9 Å². The lowest BCUT2D eigenvalue weighted by atomic mass is 10.0. The van der Waals surface area contributed by atoms with Gasteiger partial charge in [0.2, 0.25) is 0 Å². The van der Waals surface area contributed by atoms with Gasteiger partial charge in [-0.3, -0.25) is 9.48 Å². The normalized spacial score (nSPS) is 26.5. The van der Waals surface area contributed by atoms with Crippen molar-refractivity contribution in [1.29, 1.82) is 0 Å². The van der Waals surface area contributed by atoms with E-state index in [1.54, 1.807) is 0 Å². The van der Waals surface area contributed by atoms with Crippen LogP contribution in [-0.2, 0) is 29.4 Å². The molecule has 0 aromatic carbocycles. The Labute approximate surface area is 132 Å². The largest absolute Gasteiger partial charge is 0.465 e. The van der Waals surface area contributed by atoms with Crippen LogP contribution in [0.15, 0.2) is 0 Å². The number of fused-ring (bicyclic) bond motifs is 2. The predicted octanol–water partition coefficient (Wildman–Crippen LogP) is 2.68. The first-order valence-electron chi connectivity index (χ1n) is 8.73. The SMILES string of the molecule is CCCCCC(=O)OCC1C2CCc3nnn(C)c3CCC21. The molecule has 3 unspecified atom stereocenters. The Hall–Kier alpha value is -1.39. The van der Waals surface area contributed by atoms with Crippen molar-refractivity contribution >= 4 is 5.97 Å². The first-order valence-corrected chi connectivity index (χ1v) is 8.73. The van der Waals surface area contributed by atoms with Crippen molar-refractivity contribution in [1.82, 2.24) is 15.0 Å². The van der Waals surface area contributed by atoms with Gasteiger partial charge in [-0.05, 0) is 49.9 Å². The highest BCUT2D eigenvalue weighted by atomic mass is 16.5. The van der Waals surface area contributed by atoms with Crippen LogP contribution in [0.3, 0.4) is 0 Å². The highest BCUT2D eigenvalue weighted by Crippen LogP contribution is 2.52. The first-order chi connectivity index (χ1) is 10.7. The van der Waals surface area contributed by atoms with Crippen LogP contribution in [0.2, 0.25) is 0 Å². The maximum atomic E-state index is 11.7. The molecule has 5 nitrogen and oxygen atoms in total. The number of hydrogen-bond acceptors (Lipinski definition) is 4. The second kappa shape index (κ2) is 6.80. The van der Waals surface area contributed by atoms with Crippen LogP contribution in [0, 0.1) is 17.8 Å². The van der Waals surface area contributed by atoms with Crippen molar-refractivity contribution in [2.75, 3.05) is 6.61 Å². The van der Waals surface area contributed by atoms with E-state index in [2.05, 4.69) is 17.2 Å². The minimum atomic E-state index is -0.0122. The zero-order chi connectivity index (χ0) is 15.5. The number of nitrogens with zero attached hydrogens (tertiary/aromatic N) is 3. The summed E-state index contributed by atoms with van der Waals surface area (Å²) in [5.41, 5.74) is 2.46. The van der Waals surface area contributed by atoms with E-state index in [0.717, 1.165) is 50.4 Å². The molecule has 0 amide bonds. The van der Waals surface area contributed by atoms with Gasteiger partial charge in [0.25, 0.3) is 0 Å². The zero-order valence-corrected chi connectivity index (χ0v) is 13.8. The van der Waals surface area contributed by atoms with Gasteiger partial charge in [0, 0.05) is 13.5 Å². The summed E-state index contributed by atoms with van der Waals surface area (Å²) >= 11 is 0. The van der Waals surface area contributed by atoms with E-state index < -0.39 is 0 Å². The molecule has 0 bridgehead atoms. The Morgan fingerprint density at radius 3 is 2.82 bits per heavy atom. The Morgan fingerprint density at radius 2 is 2.05 bits per heavy atom. The van der Waals surface area contributed by atoms with Crippen molar-refractivity contribution in [2.24, 2.45) is 24.8 Å². The number of carbonyl (C=O) groups is 1. The lowest BCUT2D eigenvalue weighted by Crippen LogP contribution is -2.08. The van der Waals surface area contributed by atoms with Crippen LogP contribution >= 0.6 is 0 Å². The van der Waals surface area contributed by atoms with Crippen molar-refractivity contribution in [2.45, 2.75) is 58.3 Å². The third kappa shape index (κ3) is 3.33. The van der Waals surface area contributed by atoms with Crippen LogP contribution in [0.25, 0.3) is 0 Å². The van der Waals surface area contributed by atoms with E-state index in [-0.39, 0.29) is 5.97 Å². The van der Waals surface area contributed by atoms with Crippen molar-refractivity contribution in [3.8, 4) is 0 Å². The van der Waals surface area contributed by atoms with Gasteiger partial charge < -0.3 is 4.74 Å². The summed E-state index contributed by atoms with van der Waals surface area (Å²) in [4.78, 5) is 11.7. The Bertz CT molecular complexity index is 526. The molecule has 1 saturated carbocycles. The smallest absolute Gasteiger partial charge is 0.305 e. The molecule has 3 rings (SSSR count). The third-order valence-electron chi connectivity index (χ3n) is 5.38. The molecule has 2 aliphatic rings. The van der Waals surface area contributed by atoms with Crippen LogP contribution in [-0.4, -0.2) is 27.6 Å². The zero-order valence-electron chi connectivity index (χ0n) is 13.8. The number of rotatable bonds is 6. The fourth-order valence-corrected chi connectivity index (χ4v) is 3.94. The molecular weight excluding hydrogens is 278 g/mol. The molecule has 2 aliphatic carbocycles. The lowest BCUT2D eigenvalue weighted by Gasteiger charge is -2.07. The molecule has 1 heterocycles. The van der Waals surface area contributed by atoms with E-state index in [1.807, 2.05) is 11.7 Å². The molecule has 5 heteroatoms. The summed E-state index contributed by atoms with van der Waals surface area (Å²) in [6.07, 6.45) is 8.21. The van der Waals surface area contributed by atoms with Crippen molar-refractivity contribution in [3.05, 3.63) is 11.4 Å². The maximum Gasteiger partial charge on any atom is 0.305 e. The molecule has 0 N–H and O–H groups in total. The minimum absolute atomic E-state index is 0.0122. The first kappa shape index (κ1) is 15.5. The van der Waals surface area contributed by atoms with Crippen LogP contribution in [0.1, 0.15) is 56.8 Å². The second-order valence-corrected chi connectivity index (χ2v) is 6.82. The molecule has 1 aromatic rings. The fraction of sp³-hybridized carbons (Fsp3) is 0.824. The summed E-state index contributed by atoms with van der Waals surface area (Å²) in [5, 5.41) is 8.41. The van der Waals surface area contributed by atoms with Crippen molar-refractivity contribution in [3.63, 3.8) is 0 Å². The number of ether oxygens (including phenoxy) is 1. The third-order valence-corrected chi connectivity index (χ3v) is 5.38. The van der Waals surface area contributed by atoms with Gasteiger partial charge in [0.05, 0.1) is 18.0 Å². The summed E-state index contributed by atoms with van der Waals surface area (Å²) in [5.74, 6) is 2.02. The maximum absolute atomic E-state index is 11.7. The Kier molecular flexibility index (Phi) is 4.79. The molecular formula is C17H27N3O2. The molecule has 1 aromatic heterocycles. The van der Waals surface area contributed by atoms with E-state index in [9.17, 15) is 4.79 Å². The molecule has 1 fully saturated rings. The van der Waals surface area contributed by atoms with E-state index in [1.165, 1.54) is 17.8 Å². The Morgan fingerprint density at radius 1 is 1.27 bits per heavy atom. The predicted molar refractivity (Wildman–Crippen MR) is 83.2 cm³/mol. The highest BCUT2D eigenvalue weighted by Gasteiger charge is 2.50. The average Bonchev–Trinajstić information content (AvgIpc) is 3.02. The van der Waals surface area contributed by atoms with Gasteiger partial charge >= 0.3 is 5.97 Å². The number of hydrogen-bond donors (Lipinski definition) is 0. The molecule has 22 heavy (non-hydrogen) atoms. The van der Waals surface area contributed by atoms with Gasteiger partial charge in [-0.1, -0.05) is 25.0 Å². The lowest BCUT2D eigenvalue weighted by molar-refractivity contribution is -0.144. The van der Waals surface area contributed by atoms with E-state index in [4.69, 9.17) is 4.74 Å². The van der Waals surface area contributed by atoms with Gasteiger partial charge in [0.1, 0.15) is 0 Å². The molecule has 0 aliphatic heterocycles. The monoisotopic (exact) mass is 305 g/mol. The average molecular weight is 305 g/mol. The summed E-state index contributed by atoms with van der Waals surface area (Å²) in [6.45, 7) is 2.77. The number of esters is 1. The van der Waals surface area contributed by atoms with Gasteiger partial charge in [-0.25, -0.2) is 0 Å². The summed E-state index contributed by atoms with van der Waals surface area (Å²) < 4.78 is 7.41. The van der Waals surface area contributed by atoms with Crippen LogP contribution < -0.4 is 0 Å². The number of carbonyl (C=O) groups excluding carboxylic acids is 1. The second-order valence-electron chi connectivity index (χ2n) is 6.82. The molecule has 122 valence electrons. The molecule has 0 spiro atoms. The number of aromatic nitrogens is 3. The van der Waals surface area contributed by atoms with Gasteiger partial charge in [0.15, 0.2) is 0 Å². The van der Waals surface area contributed by atoms with Crippen LogP contribution in [0.5, 0.6) is 0 Å². The fourth-order valence-electron chi connectivity index (χ4n) is 3.94. The molecule has 0 saturated heterocycles. The van der Waals surface area contributed by atoms with E-state index >= 15 is 0 Å². The summed E-state index contributed by atoms with van der Waals surface area (Å²) in [7, 11) is 1.98. The molecule has 3 atom stereocenters.